The van der Waals surface area contributed by atoms with Crippen LogP contribution < -0.4 is 11.2 Å². The van der Waals surface area contributed by atoms with Crippen molar-refractivity contribution in [3.05, 3.63) is 44.6 Å². The highest BCUT2D eigenvalue weighted by molar-refractivity contribution is 5.78. The molecule has 0 aliphatic carbocycles. The average molecular weight is 248 g/mol. The Morgan fingerprint density at radius 2 is 2.11 bits per heavy atom. The summed E-state index contributed by atoms with van der Waals surface area (Å²) in [4.78, 5) is 37.5. The van der Waals surface area contributed by atoms with Gasteiger partial charge in [0.15, 0.2) is 0 Å². The van der Waals surface area contributed by atoms with Crippen molar-refractivity contribution in [1.29, 1.82) is 0 Å². The molecule has 1 heterocycles. The number of esters is 1. The first-order chi connectivity index (χ1) is 8.52. The van der Waals surface area contributed by atoms with Crippen molar-refractivity contribution < 1.29 is 9.53 Å². The molecule has 0 saturated heterocycles. The van der Waals surface area contributed by atoms with Gasteiger partial charge in [0.2, 0.25) is 0 Å². The van der Waals surface area contributed by atoms with Crippen LogP contribution in [0.15, 0.2) is 27.8 Å². The Morgan fingerprint density at radius 1 is 1.39 bits per heavy atom. The molecule has 2 rings (SSSR count). The summed E-state index contributed by atoms with van der Waals surface area (Å²) in [6.45, 7) is 1.45. The van der Waals surface area contributed by atoms with Crippen LogP contribution in [-0.2, 0) is 16.1 Å². The fourth-order valence-corrected chi connectivity index (χ4v) is 1.70. The summed E-state index contributed by atoms with van der Waals surface area (Å²) in [6, 6.07) is 5.12. The molecule has 1 aromatic carbocycles. The van der Waals surface area contributed by atoms with E-state index in [4.69, 9.17) is 0 Å². The average Bonchev–Trinajstić information content (AvgIpc) is 2.35. The molecule has 1 N–H and O–H groups in total. The number of H-pyrrole nitrogens is 1. The highest BCUT2D eigenvalue weighted by Gasteiger charge is 2.11. The largest absolute Gasteiger partial charge is 0.468 e. The second kappa shape index (κ2) is 4.48. The van der Waals surface area contributed by atoms with Gasteiger partial charge in [-0.05, 0) is 19.1 Å². The smallest absolute Gasteiger partial charge is 0.329 e. The zero-order valence-corrected chi connectivity index (χ0v) is 10.0. The van der Waals surface area contributed by atoms with Crippen LogP contribution in [0.4, 0.5) is 0 Å². The minimum atomic E-state index is -0.644. The molecule has 94 valence electrons. The highest BCUT2D eigenvalue weighted by atomic mass is 16.5. The van der Waals surface area contributed by atoms with Crippen molar-refractivity contribution in [3.63, 3.8) is 0 Å². The van der Waals surface area contributed by atoms with E-state index in [0.717, 1.165) is 10.1 Å². The summed E-state index contributed by atoms with van der Waals surface area (Å²) in [6.07, 6.45) is 0. The van der Waals surface area contributed by atoms with Crippen LogP contribution in [0.25, 0.3) is 10.9 Å². The van der Waals surface area contributed by atoms with E-state index < -0.39 is 23.8 Å². The molecule has 0 radical (unpaired) electrons. The van der Waals surface area contributed by atoms with Crippen LogP contribution in [-0.4, -0.2) is 22.6 Å². The molecule has 6 nitrogen and oxygen atoms in total. The molecule has 0 aliphatic rings. The van der Waals surface area contributed by atoms with E-state index in [2.05, 4.69) is 9.72 Å². The van der Waals surface area contributed by atoms with Crippen LogP contribution in [0.5, 0.6) is 0 Å². The van der Waals surface area contributed by atoms with Crippen LogP contribution in [0.3, 0.4) is 0 Å². The zero-order chi connectivity index (χ0) is 13.3. The van der Waals surface area contributed by atoms with Crippen LogP contribution >= 0.6 is 0 Å². The Hall–Kier alpha value is -2.37. The van der Waals surface area contributed by atoms with Gasteiger partial charge in [0, 0.05) is 0 Å². The Morgan fingerprint density at radius 3 is 2.78 bits per heavy atom. The van der Waals surface area contributed by atoms with E-state index in [9.17, 15) is 14.4 Å². The van der Waals surface area contributed by atoms with Crippen LogP contribution in [0.2, 0.25) is 0 Å². The van der Waals surface area contributed by atoms with E-state index >= 15 is 0 Å². The predicted molar refractivity (Wildman–Crippen MR) is 65.6 cm³/mol. The Balaban J connectivity index is 2.71. The minimum Gasteiger partial charge on any atom is -0.468 e. The van der Waals surface area contributed by atoms with Crippen molar-refractivity contribution >= 4 is 16.9 Å². The first kappa shape index (κ1) is 12.1. The number of aromatic amines is 1. The fraction of sp³-hybridized carbons (Fsp3) is 0.250. The normalized spacial score (nSPS) is 10.6. The SMILES string of the molecule is COC(=O)Cn1c(=O)[nH]c2ccc(C)cc2c1=O. The van der Waals surface area contributed by atoms with E-state index in [-0.39, 0.29) is 0 Å². The van der Waals surface area contributed by atoms with Gasteiger partial charge in [-0.25, -0.2) is 9.36 Å². The maximum atomic E-state index is 12.1. The molecular formula is C12H12N2O4. The number of hydrogen-bond donors (Lipinski definition) is 1. The number of aromatic nitrogens is 2. The molecule has 0 amide bonds. The standard InChI is InChI=1S/C12H12N2O4/c1-7-3-4-9-8(5-7)11(16)14(12(17)13-9)6-10(15)18-2/h3-5H,6H2,1-2H3,(H,13,17). The molecule has 18 heavy (non-hydrogen) atoms. The number of hydrogen-bond acceptors (Lipinski definition) is 4. The number of rotatable bonds is 2. The second-order valence-corrected chi connectivity index (χ2v) is 3.95. The monoisotopic (exact) mass is 248 g/mol. The van der Waals surface area contributed by atoms with Gasteiger partial charge in [-0.3, -0.25) is 9.59 Å². The summed E-state index contributed by atoms with van der Waals surface area (Å²) in [7, 11) is 1.20. The number of aryl methyl sites for hydroxylation is 1. The van der Waals surface area contributed by atoms with Crippen molar-refractivity contribution in [1.82, 2.24) is 9.55 Å². The number of fused-ring (bicyclic) bond motifs is 1. The maximum absolute atomic E-state index is 12.1. The summed E-state index contributed by atoms with van der Waals surface area (Å²) < 4.78 is 5.28. The number of benzene rings is 1. The second-order valence-electron chi connectivity index (χ2n) is 3.95. The number of nitrogens with zero attached hydrogens (tertiary/aromatic N) is 1. The topological polar surface area (TPSA) is 81.2 Å². The third-order valence-electron chi connectivity index (χ3n) is 2.65. The molecule has 0 spiro atoms. The molecule has 0 aliphatic heterocycles. The summed E-state index contributed by atoms with van der Waals surface area (Å²) in [5.41, 5.74) is 0.234. The van der Waals surface area contributed by atoms with E-state index in [1.54, 1.807) is 18.2 Å². The third kappa shape index (κ3) is 2.04. The molecule has 0 bridgehead atoms. The van der Waals surface area contributed by atoms with Crippen molar-refractivity contribution in [3.8, 4) is 0 Å². The molecule has 0 saturated carbocycles. The Kier molecular flexibility index (Phi) is 3.01. The molecule has 2 aromatic rings. The first-order valence-electron chi connectivity index (χ1n) is 5.33. The Bertz CT molecular complexity index is 727. The minimum absolute atomic E-state index is 0.374. The third-order valence-corrected chi connectivity index (χ3v) is 2.65. The molecule has 1 aromatic heterocycles. The Labute approximate surface area is 102 Å². The number of methoxy groups -OCH3 is 1. The lowest BCUT2D eigenvalue weighted by atomic mass is 10.2. The number of nitrogens with one attached hydrogen (secondary N) is 1. The van der Waals surface area contributed by atoms with Gasteiger partial charge in [-0.1, -0.05) is 11.6 Å². The molecule has 0 atom stereocenters. The molecule has 0 unspecified atom stereocenters. The van der Waals surface area contributed by atoms with Crippen LogP contribution in [0.1, 0.15) is 5.56 Å². The van der Waals surface area contributed by atoms with Gasteiger partial charge >= 0.3 is 11.7 Å². The predicted octanol–water partition coefficient (Wildman–Crippen LogP) is 0.171. The lowest BCUT2D eigenvalue weighted by molar-refractivity contribution is -0.141. The van der Waals surface area contributed by atoms with Gasteiger partial charge in [-0.2, -0.15) is 0 Å². The van der Waals surface area contributed by atoms with E-state index in [1.807, 2.05) is 6.92 Å². The fourth-order valence-electron chi connectivity index (χ4n) is 1.70. The summed E-state index contributed by atoms with van der Waals surface area (Å²) >= 11 is 0. The molecule has 0 fully saturated rings. The maximum Gasteiger partial charge on any atom is 0.329 e. The van der Waals surface area contributed by atoms with E-state index in [0.29, 0.717) is 10.9 Å². The van der Waals surface area contributed by atoms with Gasteiger partial charge in [-0.15, -0.1) is 0 Å². The van der Waals surface area contributed by atoms with Crippen molar-refractivity contribution in [2.24, 2.45) is 0 Å². The van der Waals surface area contributed by atoms with Crippen LogP contribution in [0, 0.1) is 6.92 Å². The lowest BCUT2D eigenvalue weighted by Gasteiger charge is -2.05. The first-order valence-corrected chi connectivity index (χ1v) is 5.33. The quantitative estimate of drug-likeness (QED) is 0.768. The zero-order valence-electron chi connectivity index (χ0n) is 10.0. The molecule has 6 heteroatoms. The number of carbonyl (C=O) groups is 1. The summed E-state index contributed by atoms with van der Waals surface area (Å²) in [5.74, 6) is -0.644. The lowest BCUT2D eigenvalue weighted by Crippen LogP contribution is -2.37. The molecular weight excluding hydrogens is 236 g/mol. The van der Waals surface area contributed by atoms with E-state index in [1.165, 1.54) is 7.11 Å². The van der Waals surface area contributed by atoms with Crippen molar-refractivity contribution in [2.45, 2.75) is 13.5 Å². The summed E-state index contributed by atoms with van der Waals surface area (Å²) in [5, 5.41) is 0.374. The van der Waals surface area contributed by atoms with Crippen molar-refractivity contribution in [2.75, 3.05) is 7.11 Å². The number of ether oxygens (including phenoxy) is 1. The highest BCUT2D eigenvalue weighted by Crippen LogP contribution is 2.07. The number of carbonyl (C=O) groups excluding carboxylic acids is 1. The van der Waals surface area contributed by atoms with Gasteiger partial charge in [0.05, 0.1) is 18.0 Å². The van der Waals surface area contributed by atoms with Gasteiger partial charge in [0.25, 0.3) is 5.56 Å². The van der Waals surface area contributed by atoms with Gasteiger partial charge < -0.3 is 9.72 Å². The van der Waals surface area contributed by atoms with Gasteiger partial charge in [0.1, 0.15) is 6.54 Å².